The minimum absolute atomic E-state index is 0.00313. The molecule has 0 unspecified atom stereocenters. The second-order valence-electron chi connectivity index (χ2n) is 12.7. The van der Waals surface area contributed by atoms with Crippen LogP contribution in [-0.2, 0) is 11.3 Å². The van der Waals surface area contributed by atoms with Gasteiger partial charge in [-0.3, -0.25) is 4.79 Å². The van der Waals surface area contributed by atoms with E-state index in [1.165, 1.54) is 20.0 Å². The molecule has 3 aromatic heterocycles. The molecule has 1 aromatic carbocycles. The summed E-state index contributed by atoms with van der Waals surface area (Å²) >= 11 is 0. The summed E-state index contributed by atoms with van der Waals surface area (Å²) in [6, 6.07) is 10.2. The van der Waals surface area contributed by atoms with Gasteiger partial charge in [0, 0.05) is 54.4 Å². The molecule has 4 fully saturated rings. The number of nitrogens with zero attached hydrogens (tertiary/aromatic N) is 5. The minimum atomic E-state index is -0.425. The van der Waals surface area contributed by atoms with Gasteiger partial charge in [0.1, 0.15) is 16.9 Å². The first kappa shape index (κ1) is 26.5. The molecule has 11 nitrogen and oxygen atoms in total. The van der Waals surface area contributed by atoms with Gasteiger partial charge >= 0.3 is 6.09 Å². The molecule has 4 aromatic rings. The van der Waals surface area contributed by atoms with Crippen molar-refractivity contribution in [2.75, 3.05) is 20.8 Å². The lowest BCUT2D eigenvalue weighted by molar-refractivity contribution is 0.0700. The Kier molecular flexibility index (Phi) is 6.15. The van der Waals surface area contributed by atoms with Crippen LogP contribution in [0.2, 0.25) is 0 Å². The first-order valence-electron chi connectivity index (χ1n) is 15.4. The van der Waals surface area contributed by atoms with Crippen LogP contribution in [0.3, 0.4) is 0 Å². The van der Waals surface area contributed by atoms with Crippen LogP contribution in [0.4, 0.5) is 4.79 Å². The molecule has 2 bridgehead atoms. The second-order valence-corrected chi connectivity index (χ2v) is 12.7. The van der Waals surface area contributed by atoms with Crippen LogP contribution in [-0.4, -0.2) is 74.9 Å². The van der Waals surface area contributed by atoms with E-state index in [0.717, 1.165) is 60.3 Å². The highest BCUT2D eigenvalue weighted by atomic mass is 16.5. The third-order valence-corrected chi connectivity index (χ3v) is 10.1. The molecule has 1 saturated heterocycles. The average molecular weight is 584 g/mol. The number of aromatic nitrogens is 4. The van der Waals surface area contributed by atoms with Crippen LogP contribution in [0.1, 0.15) is 54.9 Å². The summed E-state index contributed by atoms with van der Waals surface area (Å²) in [4.78, 5) is 37.7. The van der Waals surface area contributed by atoms with Crippen molar-refractivity contribution < 1.29 is 19.1 Å². The number of rotatable bonds is 7. The Balaban J connectivity index is 1.26. The lowest BCUT2D eigenvalue weighted by Gasteiger charge is -2.37. The maximum absolute atomic E-state index is 13.8. The molecule has 8 rings (SSSR count). The van der Waals surface area contributed by atoms with Gasteiger partial charge in [-0.05, 0) is 80.7 Å². The van der Waals surface area contributed by atoms with E-state index in [1.807, 2.05) is 29.3 Å². The van der Waals surface area contributed by atoms with Gasteiger partial charge in [-0.2, -0.15) is 0 Å². The van der Waals surface area contributed by atoms with Gasteiger partial charge in [0.2, 0.25) is 0 Å². The predicted molar refractivity (Wildman–Crippen MR) is 161 cm³/mol. The molecule has 43 heavy (non-hydrogen) atoms. The Morgan fingerprint density at radius 2 is 1.95 bits per heavy atom. The van der Waals surface area contributed by atoms with Gasteiger partial charge in [-0.1, -0.05) is 0 Å². The van der Waals surface area contributed by atoms with Crippen molar-refractivity contribution in [3.05, 3.63) is 42.1 Å². The highest BCUT2D eigenvalue weighted by Gasteiger charge is 2.47. The van der Waals surface area contributed by atoms with E-state index in [2.05, 4.69) is 26.6 Å². The number of fused-ring (bicyclic) bond motifs is 4. The zero-order valence-electron chi connectivity index (χ0n) is 24.5. The summed E-state index contributed by atoms with van der Waals surface area (Å²) < 4.78 is 15.4. The average Bonchev–Trinajstić information content (AvgIpc) is 3.34. The zero-order chi connectivity index (χ0) is 29.4. The van der Waals surface area contributed by atoms with Crippen LogP contribution in [0, 0.1) is 11.8 Å². The Labute approximate surface area is 249 Å². The Bertz CT molecular complexity index is 1750. The van der Waals surface area contributed by atoms with Crippen molar-refractivity contribution in [3.63, 3.8) is 0 Å². The largest absolute Gasteiger partial charge is 0.494 e. The molecule has 1 aliphatic heterocycles. The van der Waals surface area contributed by atoms with E-state index in [4.69, 9.17) is 25.2 Å². The Hall–Kier alpha value is -4.12. The fraction of sp³-hybridized carbons (Fsp3) is 0.500. The predicted octanol–water partition coefficient (Wildman–Crippen LogP) is 4.09. The summed E-state index contributed by atoms with van der Waals surface area (Å²) in [6.07, 6.45) is 7.35. The van der Waals surface area contributed by atoms with E-state index in [1.54, 1.807) is 7.11 Å². The fourth-order valence-electron chi connectivity index (χ4n) is 7.62. The number of benzene rings is 1. The third kappa shape index (κ3) is 4.27. The number of carbonyl (C=O) groups excluding carboxylic acids is 2. The number of pyridine rings is 1. The van der Waals surface area contributed by atoms with Gasteiger partial charge in [-0.25, -0.2) is 14.8 Å². The molecule has 224 valence electrons. The first-order chi connectivity index (χ1) is 20.9. The van der Waals surface area contributed by atoms with Crippen molar-refractivity contribution in [3.8, 4) is 17.3 Å². The van der Waals surface area contributed by atoms with Gasteiger partial charge in [0.05, 0.1) is 25.4 Å². The number of piperidine rings is 1. The summed E-state index contributed by atoms with van der Waals surface area (Å²) in [5, 5.41) is 4.00. The lowest BCUT2D eigenvalue weighted by atomic mass is 9.86. The highest BCUT2D eigenvalue weighted by molar-refractivity contribution is 6.00. The van der Waals surface area contributed by atoms with E-state index in [-0.39, 0.29) is 30.1 Å². The van der Waals surface area contributed by atoms with Crippen molar-refractivity contribution in [2.45, 2.75) is 69.2 Å². The number of nitrogens with two attached hydrogens (primary N) is 1. The van der Waals surface area contributed by atoms with Gasteiger partial charge in [0.25, 0.3) is 5.91 Å². The van der Waals surface area contributed by atoms with Gasteiger partial charge in [0.15, 0.2) is 5.82 Å². The van der Waals surface area contributed by atoms with Crippen LogP contribution in [0.25, 0.3) is 33.6 Å². The number of alkyl carbamates (subject to hydrolysis) is 1. The normalized spacial score (nSPS) is 26.2. The molecule has 4 aliphatic rings. The molecule has 3 atom stereocenters. The van der Waals surface area contributed by atoms with Crippen molar-refractivity contribution >= 4 is 34.1 Å². The number of ether oxygens (including phenoxy) is 2. The number of nitrogens with one attached hydrogen (secondary N) is 1. The fourth-order valence-corrected chi connectivity index (χ4v) is 7.62. The number of methoxy groups -OCH3 is 2. The number of hydrogen-bond acceptors (Lipinski definition) is 7. The maximum Gasteiger partial charge on any atom is 0.407 e. The number of imidazole rings is 1. The third-order valence-electron chi connectivity index (χ3n) is 10.1. The maximum atomic E-state index is 13.8. The van der Waals surface area contributed by atoms with E-state index < -0.39 is 6.09 Å². The summed E-state index contributed by atoms with van der Waals surface area (Å²) in [5.74, 6) is 2.42. The molecule has 3 aliphatic carbocycles. The molecule has 0 spiro atoms. The summed E-state index contributed by atoms with van der Waals surface area (Å²) in [7, 11) is 3.02. The van der Waals surface area contributed by atoms with Crippen LogP contribution < -0.4 is 15.8 Å². The van der Waals surface area contributed by atoms with E-state index >= 15 is 0 Å². The summed E-state index contributed by atoms with van der Waals surface area (Å²) in [5.41, 5.74) is 10.5. The molecule has 11 heteroatoms. The monoisotopic (exact) mass is 583 g/mol. The van der Waals surface area contributed by atoms with Gasteiger partial charge < -0.3 is 34.6 Å². The lowest BCUT2D eigenvalue weighted by Crippen LogP contribution is -2.45. The van der Waals surface area contributed by atoms with E-state index in [0.29, 0.717) is 35.2 Å². The molecule has 0 radical (unpaired) electrons. The van der Waals surface area contributed by atoms with Crippen molar-refractivity contribution in [1.82, 2.24) is 29.3 Å². The number of likely N-dealkylation sites (tertiary alicyclic amines) is 1. The molecule has 2 amide bonds. The minimum Gasteiger partial charge on any atom is -0.494 e. The first-order valence-corrected chi connectivity index (χ1v) is 15.4. The molecular weight excluding hydrogens is 546 g/mol. The van der Waals surface area contributed by atoms with Crippen molar-refractivity contribution in [1.29, 1.82) is 0 Å². The standard InChI is InChI=1S/C32H37N7O4/c1-42-26-12-20(31(40)38-16-19-7-8-24(38)27(19)33)10-23-28(26)39(22-13-21(14-22)35-32(41)43-2)30(36-23)25-11-18-4-3-9-34-29(18)37(25)15-17-5-6-17/h3-4,9-12,17,19,21-22,24,27H,5-8,13-16,33H2,1-2H3,(H,35,41)/t19-,21?,22?,24-,27-/m1/s1. The Morgan fingerprint density at radius 3 is 2.65 bits per heavy atom. The molecule has 3 saturated carbocycles. The topological polar surface area (TPSA) is 130 Å². The smallest absolute Gasteiger partial charge is 0.407 e. The van der Waals surface area contributed by atoms with E-state index in [9.17, 15) is 9.59 Å². The number of hydrogen-bond donors (Lipinski definition) is 2. The zero-order valence-corrected chi connectivity index (χ0v) is 24.5. The Morgan fingerprint density at radius 1 is 1.12 bits per heavy atom. The summed E-state index contributed by atoms with van der Waals surface area (Å²) in [6.45, 7) is 1.59. The van der Waals surface area contributed by atoms with Crippen LogP contribution in [0.5, 0.6) is 5.75 Å². The van der Waals surface area contributed by atoms with Gasteiger partial charge in [-0.15, -0.1) is 0 Å². The number of amides is 2. The quantitative estimate of drug-likeness (QED) is 0.335. The molecular formula is C32H37N7O4. The second kappa shape index (κ2) is 9.97. The SMILES string of the molecule is COC(=O)NC1CC(n2c(-c3cc4cccnc4n3CC3CC3)nc3cc(C(=O)N4C[C@H]5CC[C@@H]4[C@@H]5N)cc(OC)c32)C1. The van der Waals surface area contributed by atoms with Crippen molar-refractivity contribution in [2.24, 2.45) is 17.6 Å². The molecule has 4 heterocycles. The number of carbonyl (C=O) groups is 2. The molecule has 3 N–H and O–H groups in total. The van der Waals surface area contributed by atoms with Crippen LogP contribution in [0.15, 0.2) is 36.5 Å². The highest BCUT2D eigenvalue weighted by Crippen LogP contribution is 2.44. The van der Waals surface area contributed by atoms with Crippen LogP contribution >= 0.6 is 0 Å².